The summed E-state index contributed by atoms with van der Waals surface area (Å²) in [6, 6.07) is 3.81. The molecule has 1 aliphatic carbocycles. The predicted molar refractivity (Wildman–Crippen MR) is 121 cm³/mol. The third-order valence-electron chi connectivity index (χ3n) is 7.35. The van der Waals surface area contributed by atoms with Gasteiger partial charge in [0.2, 0.25) is 0 Å². The van der Waals surface area contributed by atoms with Crippen LogP contribution in [0, 0.1) is 12.8 Å². The molecule has 0 unspecified atom stereocenters. The first-order valence-corrected chi connectivity index (χ1v) is 11.6. The number of aromatic nitrogens is 3. The topological polar surface area (TPSA) is 89.4 Å². The minimum absolute atomic E-state index is 0.109. The van der Waals surface area contributed by atoms with E-state index in [0.717, 1.165) is 62.4 Å². The van der Waals surface area contributed by atoms with Gasteiger partial charge < -0.3 is 19.5 Å². The predicted octanol–water partition coefficient (Wildman–Crippen LogP) is 2.26. The largest absolute Gasteiger partial charge is 0.381 e. The Morgan fingerprint density at radius 2 is 1.88 bits per heavy atom. The summed E-state index contributed by atoms with van der Waals surface area (Å²) < 4.78 is 7.26. The van der Waals surface area contributed by atoms with Gasteiger partial charge in [0.05, 0.1) is 11.8 Å². The fraction of sp³-hybridized carbons (Fsp3) is 0.583. The molecule has 8 heteroatoms. The van der Waals surface area contributed by atoms with Crippen LogP contribution < -0.4 is 15.8 Å². The Labute approximate surface area is 188 Å². The molecule has 1 saturated carbocycles. The van der Waals surface area contributed by atoms with Crippen LogP contribution in [0.4, 0.5) is 5.82 Å². The van der Waals surface area contributed by atoms with Crippen LogP contribution in [0.2, 0.25) is 0 Å². The maximum Gasteiger partial charge on any atom is 0.263 e. The van der Waals surface area contributed by atoms with Crippen LogP contribution in [0.3, 0.4) is 0 Å². The van der Waals surface area contributed by atoms with Crippen LogP contribution in [0.1, 0.15) is 59.8 Å². The molecule has 2 aliphatic heterocycles. The Morgan fingerprint density at radius 3 is 2.62 bits per heavy atom. The minimum Gasteiger partial charge on any atom is -0.381 e. The summed E-state index contributed by atoms with van der Waals surface area (Å²) in [5, 5.41) is 3.08. The van der Waals surface area contributed by atoms with Crippen LogP contribution in [0.25, 0.3) is 0 Å². The molecule has 2 atom stereocenters. The van der Waals surface area contributed by atoms with E-state index in [1.165, 1.54) is 0 Å². The smallest absolute Gasteiger partial charge is 0.263 e. The monoisotopic (exact) mass is 437 g/mol. The first-order chi connectivity index (χ1) is 15.5. The molecular formula is C24H31N5O3. The summed E-state index contributed by atoms with van der Waals surface area (Å²) in [4.78, 5) is 37.4. The number of piperidine rings is 1. The second-order valence-corrected chi connectivity index (χ2v) is 9.44. The maximum absolute atomic E-state index is 13.3. The van der Waals surface area contributed by atoms with Crippen molar-refractivity contribution in [2.45, 2.75) is 63.6 Å². The Morgan fingerprint density at radius 1 is 1.09 bits per heavy atom. The lowest BCUT2D eigenvalue weighted by atomic mass is 9.83. The van der Waals surface area contributed by atoms with Crippen LogP contribution in [-0.4, -0.2) is 52.8 Å². The van der Waals surface area contributed by atoms with Crippen molar-refractivity contribution in [3.05, 3.63) is 51.8 Å². The molecule has 32 heavy (non-hydrogen) atoms. The van der Waals surface area contributed by atoms with Crippen LogP contribution in [0.15, 0.2) is 29.3 Å². The van der Waals surface area contributed by atoms with Gasteiger partial charge in [-0.05, 0) is 57.1 Å². The van der Waals surface area contributed by atoms with E-state index in [-0.39, 0.29) is 35.1 Å². The second kappa shape index (κ2) is 8.65. The van der Waals surface area contributed by atoms with Gasteiger partial charge in [-0.25, -0.2) is 4.98 Å². The van der Waals surface area contributed by atoms with Crippen LogP contribution >= 0.6 is 0 Å². The minimum atomic E-state index is -0.251. The van der Waals surface area contributed by atoms with Gasteiger partial charge in [-0.1, -0.05) is 0 Å². The van der Waals surface area contributed by atoms with E-state index < -0.39 is 0 Å². The summed E-state index contributed by atoms with van der Waals surface area (Å²) in [7, 11) is 1.74. The number of ether oxygens (including phenoxy) is 1. The van der Waals surface area contributed by atoms with Crippen molar-refractivity contribution < 1.29 is 9.53 Å². The summed E-state index contributed by atoms with van der Waals surface area (Å²) in [6.45, 7) is 4.28. The number of methoxy groups -OCH3 is 1. The number of hydrogen-bond donors (Lipinski definition) is 1. The Kier molecular flexibility index (Phi) is 5.71. The van der Waals surface area contributed by atoms with E-state index in [1.54, 1.807) is 25.6 Å². The molecule has 2 aromatic rings. The number of carbonyl (C=O) groups is 1. The standard InChI is InChI=1S/C24H31N5O3/c1-15-22(26-10-9-25-15)28-12-16-11-17(14-28)21-8-7-20(24(31)29(21)13-16)23(30)27-18-3-5-19(32-2)6-4-18/h7-10,16-19H,3-6,11-14H2,1-2H3,(H,27,30)/t16-,17+,18?,19?/m0/s1. The number of rotatable bonds is 4. The molecule has 2 aromatic heterocycles. The van der Waals surface area contributed by atoms with E-state index in [4.69, 9.17) is 4.74 Å². The van der Waals surface area contributed by atoms with Gasteiger partial charge in [-0.15, -0.1) is 0 Å². The van der Waals surface area contributed by atoms with Crippen molar-refractivity contribution in [1.82, 2.24) is 19.9 Å². The average Bonchev–Trinajstić information content (AvgIpc) is 2.80. The zero-order valence-corrected chi connectivity index (χ0v) is 18.8. The maximum atomic E-state index is 13.3. The van der Waals surface area contributed by atoms with Crippen molar-refractivity contribution in [3.8, 4) is 0 Å². The lowest BCUT2D eigenvalue weighted by molar-refractivity contribution is 0.0599. The van der Waals surface area contributed by atoms with Gasteiger partial charge in [0.1, 0.15) is 11.4 Å². The molecule has 2 fully saturated rings. The number of aryl methyl sites for hydroxylation is 1. The van der Waals surface area contributed by atoms with Gasteiger partial charge in [0.15, 0.2) is 0 Å². The Bertz CT molecular complexity index is 1060. The molecule has 5 rings (SSSR count). The average molecular weight is 438 g/mol. The van der Waals surface area contributed by atoms with Gasteiger partial charge in [0, 0.05) is 56.8 Å². The number of fused-ring (bicyclic) bond motifs is 4. The highest BCUT2D eigenvalue weighted by atomic mass is 16.5. The van der Waals surface area contributed by atoms with Crippen molar-refractivity contribution >= 4 is 11.7 Å². The van der Waals surface area contributed by atoms with Gasteiger partial charge >= 0.3 is 0 Å². The lowest BCUT2D eigenvalue weighted by Gasteiger charge is -2.43. The normalized spacial score (nSPS) is 27.0. The number of nitrogens with zero attached hydrogens (tertiary/aromatic N) is 4. The van der Waals surface area contributed by atoms with E-state index >= 15 is 0 Å². The van der Waals surface area contributed by atoms with Gasteiger partial charge in [-0.3, -0.25) is 14.6 Å². The molecule has 3 aliphatic rings. The molecule has 0 aromatic carbocycles. The molecule has 2 bridgehead atoms. The van der Waals surface area contributed by atoms with E-state index in [9.17, 15) is 9.59 Å². The van der Waals surface area contributed by atoms with Crippen molar-refractivity contribution in [1.29, 1.82) is 0 Å². The highest BCUT2D eigenvalue weighted by Crippen LogP contribution is 2.37. The fourth-order valence-corrected chi connectivity index (χ4v) is 5.71. The zero-order valence-electron chi connectivity index (χ0n) is 18.8. The van der Waals surface area contributed by atoms with E-state index in [2.05, 4.69) is 20.2 Å². The van der Waals surface area contributed by atoms with Gasteiger partial charge in [0.25, 0.3) is 11.5 Å². The summed E-state index contributed by atoms with van der Waals surface area (Å²) in [5.41, 5.74) is 2.04. The SMILES string of the molecule is COC1CCC(NC(=O)c2ccc3n(c2=O)C[C@H]2C[C@@H]3CN(c3nccnc3C)C2)CC1. The highest BCUT2D eigenvalue weighted by molar-refractivity contribution is 5.94. The third kappa shape index (κ3) is 3.92. The molecule has 170 valence electrons. The molecule has 4 heterocycles. The molecule has 1 N–H and O–H groups in total. The quantitative estimate of drug-likeness (QED) is 0.789. The van der Waals surface area contributed by atoms with Crippen molar-refractivity contribution in [2.75, 3.05) is 25.1 Å². The number of carbonyl (C=O) groups excluding carboxylic acids is 1. The van der Waals surface area contributed by atoms with Crippen molar-refractivity contribution in [3.63, 3.8) is 0 Å². The summed E-state index contributed by atoms with van der Waals surface area (Å²) >= 11 is 0. The fourth-order valence-electron chi connectivity index (χ4n) is 5.71. The van der Waals surface area contributed by atoms with Crippen molar-refractivity contribution in [2.24, 2.45) is 5.92 Å². The summed E-state index contributed by atoms with van der Waals surface area (Å²) in [5.74, 6) is 1.27. The molecule has 1 saturated heterocycles. The third-order valence-corrected chi connectivity index (χ3v) is 7.35. The first-order valence-electron chi connectivity index (χ1n) is 11.6. The summed E-state index contributed by atoms with van der Waals surface area (Å²) in [6.07, 6.45) is 8.44. The highest BCUT2D eigenvalue weighted by Gasteiger charge is 2.36. The molecule has 0 spiro atoms. The lowest BCUT2D eigenvalue weighted by Crippen LogP contribution is -2.49. The van der Waals surface area contributed by atoms with E-state index in [0.29, 0.717) is 12.5 Å². The molecule has 8 nitrogen and oxygen atoms in total. The molecular weight excluding hydrogens is 406 g/mol. The Hall–Kier alpha value is -2.74. The number of amides is 1. The number of anilines is 1. The van der Waals surface area contributed by atoms with Crippen LogP contribution in [0.5, 0.6) is 0 Å². The zero-order chi connectivity index (χ0) is 22.2. The number of pyridine rings is 1. The van der Waals surface area contributed by atoms with Crippen LogP contribution in [-0.2, 0) is 11.3 Å². The molecule has 0 radical (unpaired) electrons. The number of nitrogens with one attached hydrogen (secondary N) is 1. The second-order valence-electron chi connectivity index (χ2n) is 9.44. The number of hydrogen-bond acceptors (Lipinski definition) is 6. The van der Waals surface area contributed by atoms with E-state index in [1.807, 2.05) is 17.6 Å². The Balaban J connectivity index is 1.34. The van der Waals surface area contributed by atoms with Gasteiger partial charge in [-0.2, -0.15) is 0 Å². The first kappa shape index (κ1) is 21.1. The molecule has 1 amide bonds.